The van der Waals surface area contributed by atoms with Gasteiger partial charge >= 0.3 is 5.97 Å². The molecule has 3 heteroatoms. The summed E-state index contributed by atoms with van der Waals surface area (Å²) in [6.45, 7) is 0. The van der Waals surface area contributed by atoms with Crippen molar-refractivity contribution in [1.82, 2.24) is 0 Å². The van der Waals surface area contributed by atoms with Gasteiger partial charge in [0, 0.05) is 5.69 Å². The molecule has 0 heterocycles. The molecule has 51 valence electrons. The van der Waals surface area contributed by atoms with Crippen molar-refractivity contribution in [3.05, 3.63) is 29.8 Å². The smallest absolute Gasteiger partial charge is 0.336 e. The molecule has 0 aromatic heterocycles. The van der Waals surface area contributed by atoms with Crippen LogP contribution in [0.5, 0.6) is 0 Å². The van der Waals surface area contributed by atoms with Gasteiger partial charge in [-0.1, -0.05) is 0 Å². The molecular formula is C7H6NO2. The molecule has 0 unspecified atom stereocenters. The summed E-state index contributed by atoms with van der Waals surface area (Å²) in [5, 5.41) is 8.40. The lowest BCUT2D eigenvalue weighted by atomic mass is 10.2. The molecule has 3 nitrogen and oxygen atoms in total. The predicted molar refractivity (Wildman–Crippen MR) is 36.6 cm³/mol. The molecule has 0 saturated carbocycles. The summed E-state index contributed by atoms with van der Waals surface area (Å²) in [4.78, 5) is 10.2. The fourth-order valence-corrected chi connectivity index (χ4v) is 0.570. The summed E-state index contributed by atoms with van der Waals surface area (Å²) in [5.74, 6) is -0.986. The molecule has 0 aliphatic rings. The normalized spacial score (nSPS) is 9.20. The number of aromatic carboxylic acids is 1. The average Bonchev–Trinajstić information content (AvgIpc) is 1.88. The van der Waals surface area contributed by atoms with E-state index >= 15 is 0 Å². The molecule has 1 aromatic rings. The van der Waals surface area contributed by atoms with Crippen molar-refractivity contribution in [1.29, 1.82) is 0 Å². The third kappa shape index (κ3) is 1.25. The summed E-state index contributed by atoms with van der Waals surface area (Å²) in [6, 6.07) is 6.89. The van der Waals surface area contributed by atoms with E-state index in [9.17, 15) is 4.79 Å². The molecule has 3 N–H and O–H groups in total. The lowest BCUT2D eigenvalue weighted by Crippen LogP contribution is -1.96. The van der Waals surface area contributed by atoms with Crippen LogP contribution in [0.3, 0.4) is 0 Å². The maximum Gasteiger partial charge on any atom is 0.336 e. The molecule has 10 heavy (non-hydrogen) atoms. The zero-order valence-electron chi connectivity index (χ0n) is 5.16. The molecule has 1 aromatic carbocycles. The second-order valence-corrected chi connectivity index (χ2v) is 1.84. The predicted octanol–water partition coefficient (Wildman–Crippen LogP) is 0.767. The molecule has 0 amide bonds. The van der Waals surface area contributed by atoms with Crippen molar-refractivity contribution >= 4 is 11.7 Å². The third-order valence-corrected chi connectivity index (χ3v) is 1.07. The van der Waals surface area contributed by atoms with Gasteiger partial charge in [-0.15, -0.1) is 0 Å². The number of nitrogens with two attached hydrogens (primary N) is 1. The van der Waals surface area contributed by atoms with Gasteiger partial charge in [-0.2, -0.15) is 0 Å². The first-order valence-electron chi connectivity index (χ1n) is 2.70. The molecule has 0 aliphatic carbocycles. The molecule has 0 aliphatic heterocycles. The zero-order valence-corrected chi connectivity index (χ0v) is 5.16. The van der Waals surface area contributed by atoms with Crippen LogP contribution in [0, 0.1) is 6.07 Å². The maximum absolute atomic E-state index is 10.2. The van der Waals surface area contributed by atoms with Crippen molar-refractivity contribution < 1.29 is 9.90 Å². The van der Waals surface area contributed by atoms with E-state index in [0.717, 1.165) is 0 Å². The molecule has 0 fully saturated rings. The van der Waals surface area contributed by atoms with E-state index in [1.54, 1.807) is 0 Å². The van der Waals surface area contributed by atoms with E-state index in [0.29, 0.717) is 5.69 Å². The van der Waals surface area contributed by atoms with Crippen LogP contribution in [-0.4, -0.2) is 11.1 Å². The van der Waals surface area contributed by atoms with Crippen LogP contribution >= 0.6 is 0 Å². The summed E-state index contributed by atoms with van der Waals surface area (Å²) in [7, 11) is 0. The number of hydrogen-bond acceptors (Lipinski definition) is 2. The van der Waals surface area contributed by atoms with Gasteiger partial charge in [0.1, 0.15) is 0 Å². The zero-order chi connectivity index (χ0) is 7.56. The topological polar surface area (TPSA) is 63.3 Å². The number of carboxylic acid groups (broad SMARTS) is 1. The number of carboxylic acids is 1. The highest BCUT2D eigenvalue weighted by atomic mass is 16.4. The highest BCUT2D eigenvalue weighted by Gasteiger charge is 1.99. The molecule has 0 saturated heterocycles. The lowest BCUT2D eigenvalue weighted by Gasteiger charge is -1.92. The molecular weight excluding hydrogens is 130 g/mol. The van der Waals surface area contributed by atoms with Crippen LogP contribution in [0.4, 0.5) is 5.69 Å². The van der Waals surface area contributed by atoms with E-state index in [1.165, 1.54) is 18.2 Å². The number of rotatable bonds is 1. The molecule has 0 bridgehead atoms. The van der Waals surface area contributed by atoms with E-state index in [4.69, 9.17) is 10.8 Å². The Morgan fingerprint density at radius 2 is 2.30 bits per heavy atom. The number of nitrogen functional groups attached to an aromatic ring is 1. The van der Waals surface area contributed by atoms with Crippen LogP contribution in [0.2, 0.25) is 0 Å². The van der Waals surface area contributed by atoms with Crippen LogP contribution in [0.15, 0.2) is 18.2 Å². The average molecular weight is 136 g/mol. The molecule has 1 radical (unpaired) electrons. The van der Waals surface area contributed by atoms with Crippen LogP contribution in [0.1, 0.15) is 10.4 Å². The Balaban J connectivity index is 3.00. The van der Waals surface area contributed by atoms with Crippen LogP contribution < -0.4 is 5.73 Å². The van der Waals surface area contributed by atoms with Gasteiger partial charge in [-0.3, -0.25) is 0 Å². The first-order valence-corrected chi connectivity index (χ1v) is 2.70. The third-order valence-electron chi connectivity index (χ3n) is 1.07. The van der Waals surface area contributed by atoms with Crippen LogP contribution in [-0.2, 0) is 0 Å². The van der Waals surface area contributed by atoms with Crippen molar-refractivity contribution in [2.45, 2.75) is 0 Å². The number of hydrogen-bond donors (Lipinski definition) is 2. The largest absolute Gasteiger partial charge is 0.478 e. The maximum atomic E-state index is 10.2. The Labute approximate surface area is 58.1 Å². The Morgan fingerprint density at radius 3 is 2.70 bits per heavy atom. The van der Waals surface area contributed by atoms with E-state index in [2.05, 4.69) is 6.07 Å². The molecule has 1 rings (SSSR count). The van der Waals surface area contributed by atoms with Crippen molar-refractivity contribution in [3.63, 3.8) is 0 Å². The summed E-state index contributed by atoms with van der Waals surface area (Å²) in [6.07, 6.45) is 0. The fourth-order valence-electron chi connectivity index (χ4n) is 0.570. The lowest BCUT2D eigenvalue weighted by molar-refractivity contribution is 0.0696. The van der Waals surface area contributed by atoms with Gasteiger partial charge in [-0.25, -0.2) is 4.79 Å². The minimum Gasteiger partial charge on any atom is -0.478 e. The highest BCUT2D eigenvalue weighted by Crippen LogP contribution is 2.03. The summed E-state index contributed by atoms with van der Waals surface area (Å²) < 4.78 is 0. The molecule has 0 atom stereocenters. The summed E-state index contributed by atoms with van der Waals surface area (Å²) in [5.41, 5.74) is 5.95. The van der Waals surface area contributed by atoms with Gasteiger partial charge < -0.3 is 10.8 Å². The van der Waals surface area contributed by atoms with E-state index in [1.807, 2.05) is 0 Å². The highest BCUT2D eigenvalue weighted by molar-refractivity contribution is 5.87. The quantitative estimate of drug-likeness (QED) is 0.560. The number of carbonyl (C=O) groups is 1. The number of benzene rings is 1. The van der Waals surface area contributed by atoms with E-state index < -0.39 is 5.97 Å². The van der Waals surface area contributed by atoms with E-state index in [-0.39, 0.29) is 5.56 Å². The van der Waals surface area contributed by atoms with Crippen molar-refractivity contribution in [3.8, 4) is 0 Å². The van der Waals surface area contributed by atoms with Gasteiger partial charge in [-0.05, 0) is 24.3 Å². The first kappa shape index (κ1) is 6.61. The standard InChI is InChI=1S/C7H6NO2/c8-6-3-1-5(2-4-6)7(9)10/h1,3-4H,8H2,(H,9,10). The van der Waals surface area contributed by atoms with Crippen LogP contribution in [0.25, 0.3) is 0 Å². The van der Waals surface area contributed by atoms with Gasteiger partial charge in [0.05, 0.1) is 5.56 Å². The monoisotopic (exact) mass is 136 g/mol. The van der Waals surface area contributed by atoms with Gasteiger partial charge in [0.15, 0.2) is 0 Å². The van der Waals surface area contributed by atoms with Crippen molar-refractivity contribution in [2.24, 2.45) is 0 Å². The summed E-state index contributed by atoms with van der Waals surface area (Å²) >= 11 is 0. The number of anilines is 1. The Hall–Kier alpha value is -1.51. The Bertz CT molecular complexity index is 240. The second-order valence-electron chi connectivity index (χ2n) is 1.84. The molecule has 0 spiro atoms. The Morgan fingerprint density at radius 1 is 1.60 bits per heavy atom. The second kappa shape index (κ2) is 2.39. The minimum atomic E-state index is -0.986. The Kier molecular flexibility index (Phi) is 1.58. The fraction of sp³-hybridized carbons (Fsp3) is 0. The SMILES string of the molecule is Nc1c[c]c(C(=O)O)cc1. The minimum absolute atomic E-state index is 0.134. The van der Waals surface area contributed by atoms with Gasteiger partial charge in [0.2, 0.25) is 0 Å². The van der Waals surface area contributed by atoms with Crippen molar-refractivity contribution in [2.75, 3.05) is 5.73 Å². The van der Waals surface area contributed by atoms with Gasteiger partial charge in [0.25, 0.3) is 0 Å². The first-order chi connectivity index (χ1) is 4.70.